The fourth-order valence-electron chi connectivity index (χ4n) is 3.92. The molecule has 4 rings (SSSR count). The van der Waals surface area contributed by atoms with Gasteiger partial charge in [-0.05, 0) is 48.9 Å². The summed E-state index contributed by atoms with van der Waals surface area (Å²) in [4.78, 5) is 31.4. The van der Waals surface area contributed by atoms with Gasteiger partial charge in [0.1, 0.15) is 17.0 Å². The van der Waals surface area contributed by atoms with Crippen LogP contribution in [-0.4, -0.2) is 37.3 Å². The first-order valence-corrected chi connectivity index (χ1v) is 12.5. The summed E-state index contributed by atoms with van der Waals surface area (Å²) in [7, 11) is -2.17. The third kappa shape index (κ3) is 4.72. The molecular weight excluding hydrogens is 470 g/mol. The van der Waals surface area contributed by atoms with E-state index in [0.717, 1.165) is 6.26 Å². The quantitative estimate of drug-likeness (QED) is 0.247. The van der Waals surface area contributed by atoms with Gasteiger partial charge in [0.15, 0.2) is 15.3 Å². The summed E-state index contributed by atoms with van der Waals surface area (Å²) in [6, 6.07) is 16.1. The fourth-order valence-corrected chi connectivity index (χ4v) is 4.55. The predicted molar refractivity (Wildman–Crippen MR) is 131 cm³/mol. The molecule has 2 heterocycles. The molecule has 0 aliphatic rings. The summed E-state index contributed by atoms with van der Waals surface area (Å²) in [6.07, 6.45) is 1.16. The number of hydrogen-bond donors (Lipinski definition) is 1. The van der Waals surface area contributed by atoms with Crippen LogP contribution in [0.4, 0.5) is 5.69 Å². The Morgan fingerprint density at radius 2 is 1.83 bits per heavy atom. The van der Waals surface area contributed by atoms with Crippen LogP contribution in [0.3, 0.4) is 0 Å². The second-order valence-electron chi connectivity index (χ2n) is 8.11. The molecule has 35 heavy (non-hydrogen) atoms. The first-order chi connectivity index (χ1) is 16.6. The molecular formula is C25H23N3O6S. The van der Waals surface area contributed by atoms with Crippen LogP contribution in [0.15, 0.2) is 70.4 Å². The highest BCUT2D eigenvalue weighted by Gasteiger charge is 2.25. The lowest BCUT2D eigenvalue weighted by Crippen LogP contribution is -2.70. The van der Waals surface area contributed by atoms with Gasteiger partial charge in [-0.3, -0.25) is 9.36 Å². The van der Waals surface area contributed by atoms with E-state index in [9.17, 15) is 23.2 Å². The van der Waals surface area contributed by atoms with Crippen molar-refractivity contribution in [2.24, 2.45) is 0 Å². The molecule has 9 nitrogen and oxygen atoms in total. The highest BCUT2D eigenvalue weighted by atomic mass is 32.2. The van der Waals surface area contributed by atoms with Crippen molar-refractivity contribution >= 4 is 32.5 Å². The number of pyridine rings is 2. The van der Waals surface area contributed by atoms with Gasteiger partial charge in [0.25, 0.3) is 0 Å². The van der Waals surface area contributed by atoms with Crippen molar-refractivity contribution in [2.45, 2.75) is 18.2 Å². The maximum absolute atomic E-state index is 13.6. The van der Waals surface area contributed by atoms with Crippen LogP contribution >= 0.6 is 0 Å². The number of carbonyl (C=O) groups is 1. The molecule has 180 valence electrons. The molecule has 0 atom stereocenters. The van der Waals surface area contributed by atoms with Crippen molar-refractivity contribution in [3.63, 3.8) is 0 Å². The van der Waals surface area contributed by atoms with Gasteiger partial charge in [0.2, 0.25) is 0 Å². The number of fused-ring (bicyclic) bond motifs is 1. The minimum Gasteiger partial charge on any atom is -0.630 e. The normalized spacial score (nSPS) is 11.5. The number of rotatable bonds is 6. The highest BCUT2D eigenvalue weighted by Crippen LogP contribution is 2.25. The van der Waals surface area contributed by atoms with Crippen molar-refractivity contribution in [2.75, 3.05) is 13.4 Å². The molecule has 0 radical (unpaired) electrons. The van der Waals surface area contributed by atoms with Gasteiger partial charge < -0.3 is 15.4 Å². The molecule has 10 heteroatoms. The second kappa shape index (κ2) is 9.41. The van der Waals surface area contributed by atoms with Crippen LogP contribution in [0, 0.1) is 12.1 Å². The topological polar surface area (TPSA) is 135 Å². The zero-order valence-corrected chi connectivity index (χ0v) is 20.1. The number of nitrogens with zero attached hydrogens (tertiary/aromatic N) is 2. The van der Waals surface area contributed by atoms with Crippen LogP contribution in [-0.2, 0) is 21.0 Å². The van der Waals surface area contributed by atoms with Crippen LogP contribution in [0.2, 0.25) is 0 Å². The summed E-state index contributed by atoms with van der Waals surface area (Å²) in [5.74, 6) is -0.744. The van der Waals surface area contributed by atoms with E-state index >= 15 is 0 Å². The molecule has 0 fully saturated rings. The first kappa shape index (κ1) is 24.3. The van der Waals surface area contributed by atoms with Crippen molar-refractivity contribution in [1.29, 1.82) is 0 Å². The molecule has 0 unspecified atom stereocenters. The number of sulfone groups is 1. The number of aryl methyl sites for hydroxylation is 1. The number of hydrogen-bond acceptors (Lipinski definition) is 7. The first-order valence-electron chi connectivity index (χ1n) is 10.6. The van der Waals surface area contributed by atoms with E-state index in [1.807, 2.05) is 0 Å². The lowest BCUT2D eigenvalue weighted by molar-refractivity contribution is -0.497. The maximum Gasteiger partial charge on any atom is 0.355 e. The van der Waals surface area contributed by atoms with E-state index in [2.05, 4.69) is 4.98 Å². The maximum atomic E-state index is 13.6. The summed E-state index contributed by atoms with van der Waals surface area (Å²) in [5, 5.41) is 11.7. The second-order valence-corrected chi connectivity index (χ2v) is 10.1. The molecule has 0 spiro atoms. The molecule has 0 aliphatic carbocycles. The SMILES string of the molecule is COC(=O)c1c(Cc2ccc(S(C)(=O)=O)cc2)c(=O)c2ccc(C)nc2n1-c1cccc([NH2+][O-])c1. The van der Waals surface area contributed by atoms with Gasteiger partial charge >= 0.3 is 5.97 Å². The molecule has 2 aromatic heterocycles. The Labute approximate surface area is 201 Å². The molecule has 0 amide bonds. The largest absolute Gasteiger partial charge is 0.630 e. The smallest absolute Gasteiger partial charge is 0.355 e. The van der Waals surface area contributed by atoms with E-state index in [1.54, 1.807) is 55.5 Å². The van der Waals surface area contributed by atoms with Crippen LogP contribution in [0.5, 0.6) is 0 Å². The van der Waals surface area contributed by atoms with Gasteiger partial charge in [0, 0.05) is 30.0 Å². The number of methoxy groups -OCH3 is 1. The lowest BCUT2D eigenvalue weighted by Gasteiger charge is -2.19. The Bertz CT molecular complexity index is 1610. The lowest BCUT2D eigenvalue weighted by atomic mass is 10.00. The van der Waals surface area contributed by atoms with Crippen LogP contribution < -0.4 is 10.9 Å². The van der Waals surface area contributed by atoms with E-state index in [-0.39, 0.29) is 33.6 Å². The Kier molecular flexibility index (Phi) is 6.53. The molecule has 2 aromatic carbocycles. The summed E-state index contributed by atoms with van der Waals surface area (Å²) in [5.41, 5.74) is 2.83. The Morgan fingerprint density at radius 1 is 1.11 bits per heavy atom. The molecule has 0 bridgehead atoms. The van der Waals surface area contributed by atoms with Gasteiger partial charge in [0.05, 0.1) is 23.1 Å². The number of benzene rings is 2. The number of nitrogens with two attached hydrogens (primary N) is 1. The van der Waals surface area contributed by atoms with Gasteiger partial charge in [-0.2, -0.15) is 0 Å². The van der Waals surface area contributed by atoms with Crippen molar-refractivity contribution in [3.8, 4) is 5.69 Å². The summed E-state index contributed by atoms with van der Waals surface area (Å²) >= 11 is 0. The Morgan fingerprint density at radius 3 is 2.46 bits per heavy atom. The van der Waals surface area contributed by atoms with Crippen molar-refractivity contribution < 1.29 is 23.4 Å². The molecule has 0 saturated heterocycles. The highest BCUT2D eigenvalue weighted by molar-refractivity contribution is 7.90. The van der Waals surface area contributed by atoms with Gasteiger partial charge in [-0.15, -0.1) is 0 Å². The Hall–Kier alpha value is -3.86. The third-order valence-corrected chi connectivity index (χ3v) is 6.76. The number of esters is 1. The van der Waals surface area contributed by atoms with E-state index in [0.29, 0.717) is 33.5 Å². The number of ether oxygens (including phenoxy) is 1. The van der Waals surface area contributed by atoms with Gasteiger partial charge in [-0.25, -0.2) is 18.2 Å². The third-order valence-electron chi connectivity index (χ3n) is 5.63. The predicted octanol–water partition coefficient (Wildman–Crippen LogP) is 2.17. The average Bonchev–Trinajstić information content (AvgIpc) is 2.84. The number of aromatic nitrogens is 2. The monoisotopic (exact) mass is 493 g/mol. The number of carbonyl (C=O) groups excluding carboxylic acids is 1. The van der Waals surface area contributed by atoms with Crippen LogP contribution in [0.25, 0.3) is 16.7 Å². The van der Waals surface area contributed by atoms with E-state index in [4.69, 9.17) is 4.74 Å². The van der Waals surface area contributed by atoms with Gasteiger partial charge in [-0.1, -0.05) is 18.2 Å². The minimum atomic E-state index is -3.39. The van der Waals surface area contributed by atoms with Crippen molar-refractivity contribution in [1.82, 2.24) is 9.55 Å². The molecule has 2 N–H and O–H groups in total. The minimum absolute atomic E-state index is 0.0154. The fraction of sp³-hybridized carbons (Fsp3) is 0.160. The zero-order chi connectivity index (χ0) is 25.3. The van der Waals surface area contributed by atoms with E-state index < -0.39 is 15.8 Å². The zero-order valence-electron chi connectivity index (χ0n) is 19.3. The number of quaternary nitrogens is 1. The molecule has 4 aromatic rings. The summed E-state index contributed by atoms with van der Waals surface area (Å²) < 4.78 is 30.2. The molecule has 0 saturated carbocycles. The summed E-state index contributed by atoms with van der Waals surface area (Å²) in [6.45, 7) is 1.77. The Balaban J connectivity index is 2.05. The van der Waals surface area contributed by atoms with E-state index in [1.165, 1.54) is 23.8 Å². The van der Waals surface area contributed by atoms with Crippen molar-refractivity contribution in [3.05, 3.63) is 98.6 Å². The standard InChI is InChI=1S/C25H23N3O6S/c1-15-7-12-20-23(29)21(13-16-8-10-19(11-9-16)35(3,32)33)22(25(30)34-2)28(24(20)26-15)18-6-4-5-17(14-18)27-31/h4-12,14H,13,27H2,1-3H3. The van der Waals surface area contributed by atoms with Crippen LogP contribution in [0.1, 0.15) is 27.3 Å². The average molecular weight is 494 g/mol. The molecule has 0 aliphatic heterocycles.